The van der Waals surface area contributed by atoms with E-state index >= 15 is 0 Å². The van der Waals surface area contributed by atoms with Crippen LogP contribution in [0.5, 0.6) is 0 Å². The zero-order valence-corrected chi connectivity index (χ0v) is 12.8. The van der Waals surface area contributed by atoms with Gasteiger partial charge in [-0.1, -0.05) is 38.5 Å². The van der Waals surface area contributed by atoms with E-state index in [-0.39, 0.29) is 0 Å². The smallest absolute Gasteiger partial charge is 0.222 e. The zero-order valence-electron chi connectivity index (χ0n) is 12.8. The van der Waals surface area contributed by atoms with Crippen molar-refractivity contribution < 1.29 is 4.79 Å². The quantitative estimate of drug-likeness (QED) is 0.495. The number of nitrogens with zero attached hydrogens (tertiary/aromatic N) is 2. The summed E-state index contributed by atoms with van der Waals surface area (Å²) in [5.41, 5.74) is 0. The second-order valence-corrected chi connectivity index (χ2v) is 5.05. The van der Waals surface area contributed by atoms with Gasteiger partial charge in [0, 0.05) is 25.9 Å². The lowest BCUT2D eigenvalue weighted by molar-refractivity contribution is -0.130. The van der Waals surface area contributed by atoms with E-state index in [4.69, 9.17) is 5.26 Å². The molecule has 0 saturated carbocycles. The molecule has 110 valence electrons. The minimum atomic E-state index is 0.307. The summed E-state index contributed by atoms with van der Waals surface area (Å²) in [5.74, 6) is 0.307. The van der Waals surface area contributed by atoms with Crippen molar-refractivity contribution in [3.05, 3.63) is 0 Å². The lowest BCUT2D eigenvalue weighted by Gasteiger charge is -2.18. The largest absolute Gasteiger partial charge is 0.343 e. The van der Waals surface area contributed by atoms with Gasteiger partial charge in [-0.2, -0.15) is 5.26 Å². The maximum absolute atomic E-state index is 11.7. The maximum Gasteiger partial charge on any atom is 0.222 e. The molecule has 0 N–H and O–H groups in total. The Morgan fingerprint density at radius 1 is 0.895 bits per heavy atom. The predicted octanol–water partition coefficient (Wildman–Crippen LogP) is 4.28. The molecule has 0 atom stereocenters. The Labute approximate surface area is 119 Å². The van der Waals surface area contributed by atoms with Gasteiger partial charge in [-0.05, 0) is 26.7 Å². The average Bonchev–Trinajstić information content (AvgIpc) is 2.42. The summed E-state index contributed by atoms with van der Waals surface area (Å²) < 4.78 is 0. The molecule has 0 fully saturated rings. The molecule has 0 aliphatic carbocycles. The first-order valence-corrected chi connectivity index (χ1v) is 7.91. The van der Waals surface area contributed by atoms with Gasteiger partial charge in [0.2, 0.25) is 5.91 Å². The minimum Gasteiger partial charge on any atom is -0.343 e. The molecule has 1 amide bonds. The number of amides is 1. The van der Waals surface area contributed by atoms with E-state index < -0.39 is 0 Å². The van der Waals surface area contributed by atoms with Gasteiger partial charge < -0.3 is 4.90 Å². The molecule has 0 aromatic heterocycles. The fourth-order valence-electron chi connectivity index (χ4n) is 2.28. The predicted molar refractivity (Wildman–Crippen MR) is 79.7 cm³/mol. The van der Waals surface area contributed by atoms with Crippen LogP contribution in [0.15, 0.2) is 0 Å². The second-order valence-electron chi connectivity index (χ2n) is 5.05. The Morgan fingerprint density at radius 3 is 1.84 bits per heavy atom. The van der Waals surface area contributed by atoms with E-state index in [1.807, 2.05) is 18.7 Å². The first-order chi connectivity index (χ1) is 9.26. The van der Waals surface area contributed by atoms with Crippen LogP contribution in [0.1, 0.15) is 78.1 Å². The number of rotatable bonds is 12. The number of hydrogen-bond donors (Lipinski definition) is 0. The Kier molecular flexibility index (Phi) is 12.7. The van der Waals surface area contributed by atoms with E-state index in [0.717, 1.165) is 25.9 Å². The first kappa shape index (κ1) is 18.0. The molecule has 0 radical (unpaired) electrons. The molecular formula is C16H30N2O. The molecule has 0 spiro atoms. The fourth-order valence-corrected chi connectivity index (χ4v) is 2.28. The van der Waals surface area contributed by atoms with Gasteiger partial charge in [0.25, 0.3) is 0 Å². The van der Waals surface area contributed by atoms with Crippen molar-refractivity contribution >= 4 is 5.91 Å². The second kappa shape index (κ2) is 13.4. The van der Waals surface area contributed by atoms with Crippen LogP contribution >= 0.6 is 0 Å². The van der Waals surface area contributed by atoms with Crippen molar-refractivity contribution in [2.24, 2.45) is 0 Å². The third-order valence-corrected chi connectivity index (χ3v) is 3.55. The van der Waals surface area contributed by atoms with Gasteiger partial charge in [0.1, 0.15) is 0 Å². The lowest BCUT2D eigenvalue weighted by atomic mass is 10.1. The van der Waals surface area contributed by atoms with Gasteiger partial charge in [-0.3, -0.25) is 4.79 Å². The Balaban J connectivity index is 3.27. The highest BCUT2D eigenvalue weighted by atomic mass is 16.2. The molecule has 0 unspecified atom stereocenters. The van der Waals surface area contributed by atoms with Crippen LogP contribution < -0.4 is 0 Å². The van der Waals surface area contributed by atoms with Gasteiger partial charge in [0.15, 0.2) is 0 Å². The number of unbranched alkanes of at least 4 members (excludes halogenated alkanes) is 8. The molecule has 0 aliphatic heterocycles. The van der Waals surface area contributed by atoms with Crippen LogP contribution in [0.25, 0.3) is 0 Å². The lowest BCUT2D eigenvalue weighted by Crippen LogP contribution is -2.30. The van der Waals surface area contributed by atoms with E-state index in [2.05, 4.69) is 6.07 Å². The van der Waals surface area contributed by atoms with Gasteiger partial charge in [-0.15, -0.1) is 0 Å². The topological polar surface area (TPSA) is 44.1 Å². The average molecular weight is 266 g/mol. The molecule has 19 heavy (non-hydrogen) atoms. The van der Waals surface area contributed by atoms with Crippen molar-refractivity contribution in [2.45, 2.75) is 78.1 Å². The number of carbonyl (C=O) groups excluding carboxylic acids is 1. The standard InChI is InChI=1S/C16H30N2O/c1-3-18(4-2)16(19)14-12-10-8-6-5-7-9-11-13-15-17/h3-14H2,1-2H3. The van der Waals surface area contributed by atoms with Crippen molar-refractivity contribution in [3.63, 3.8) is 0 Å². The van der Waals surface area contributed by atoms with E-state index in [0.29, 0.717) is 18.7 Å². The molecule has 3 heteroatoms. The number of carbonyl (C=O) groups is 1. The first-order valence-electron chi connectivity index (χ1n) is 7.91. The third-order valence-electron chi connectivity index (χ3n) is 3.55. The van der Waals surface area contributed by atoms with Crippen LogP contribution in [-0.4, -0.2) is 23.9 Å². The molecule has 0 heterocycles. The highest BCUT2D eigenvalue weighted by Crippen LogP contribution is 2.11. The van der Waals surface area contributed by atoms with Crippen molar-refractivity contribution in [1.29, 1.82) is 5.26 Å². The normalized spacial score (nSPS) is 10.2. The monoisotopic (exact) mass is 266 g/mol. The van der Waals surface area contributed by atoms with Crippen LogP contribution in [0, 0.1) is 11.3 Å². The minimum absolute atomic E-state index is 0.307. The SMILES string of the molecule is CCN(CC)C(=O)CCCCCCCCCCC#N. The van der Waals surface area contributed by atoms with E-state index in [1.165, 1.54) is 38.5 Å². The fraction of sp³-hybridized carbons (Fsp3) is 0.875. The number of nitriles is 1. The summed E-state index contributed by atoms with van der Waals surface area (Å²) in [6.07, 6.45) is 10.9. The molecule has 0 aliphatic rings. The summed E-state index contributed by atoms with van der Waals surface area (Å²) in [7, 11) is 0. The molecule has 0 aromatic carbocycles. The summed E-state index contributed by atoms with van der Waals surface area (Å²) >= 11 is 0. The summed E-state index contributed by atoms with van der Waals surface area (Å²) in [4.78, 5) is 13.7. The van der Waals surface area contributed by atoms with Gasteiger partial charge >= 0.3 is 0 Å². The molecule has 0 saturated heterocycles. The van der Waals surface area contributed by atoms with E-state index in [9.17, 15) is 4.79 Å². The van der Waals surface area contributed by atoms with Crippen LogP contribution in [-0.2, 0) is 4.79 Å². The van der Waals surface area contributed by atoms with Crippen LogP contribution in [0.4, 0.5) is 0 Å². The highest BCUT2D eigenvalue weighted by molar-refractivity contribution is 5.75. The maximum atomic E-state index is 11.7. The van der Waals surface area contributed by atoms with Gasteiger partial charge in [-0.25, -0.2) is 0 Å². The summed E-state index contributed by atoms with van der Waals surface area (Å²) in [5, 5.41) is 8.40. The highest BCUT2D eigenvalue weighted by Gasteiger charge is 2.07. The molecular weight excluding hydrogens is 236 g/mol. The third kappa shape index (κ3) is 10.6. The van der Waals surface area contributed by atoms with Crippen molar-refractivity contribution in [2.75, 3.05) is 13.1 Å². The van der Waals surface area contributed by atoms with Crippen molar-refractivity contribution in [3.8, 4) is 6.07 Å². The van der Waals surface area contributed by atoms with E-state index in [1.54, 1.807) is 0 Å². The Hall–Kier alpha value is -1.04. The Bertz CT molecular complexity index is 254. The Morgan fingerprint density at radius 2 is 1.37 bits per heavy atom. The molecule has 0 rings (SSSR count). The van der Waals surface area contributed by atoms with Crippen molar-refractivity contribution in [1.82, 2.24) is 4.90 Å². The number of hydrogen-bond acceptors (Lipinski definition) is 2. The molecule has 3 nitrogen and oxygen atoms in total. The summed E-state index contributed by atoms with van der Waals surface area (Å²) in [6, 6.07) is 2.18. The van der Waals surface area contributed by atoms with Crippen LogP contribution in [0.3, 0.4) is 0 Å². The van der Waals surface area contributed by atoms with Crippen LogP contribution in [0.2, 0.25) is 0 Å². The molecule has 0 aromatic rings. The van der Waals surface area contributed by atoms with Gasteiger partial charge in [0.05, 0.1) is 6.07 Å². The summed E-state index contributed by atoms with van der Waals surface area (Å²) in [6.45, 7) is 5.73. The molecule has 0 bridgehead atoms. The zero-order chi connectivity index (χ0) is 14.3.